The topological polar surface area (TPSA) is 68.5 Å². The molecule has 0 aromatic carbocycles. The second kappa shape index (κ2) is 4.52. The van der Waals surface area contributed by atoms with E-state index in [0.29, 0.717) is 17.2 Å². The molecule has 2 heterocycles. The van der Waals surface area contributed by atoms with Gasteiger partial charge in [-0.2, -0.15) is 13.2 Å². The number of alkyl halides is 3. The van der Waals surface area contributed by atoms with E-state index in [-0.39, 0.29) is 11.2 Å². The van der Waals surface area contributed by atoms with Crippen molar-refractivity contribution in [1.29, 1.82) is 0 Å². The van der Waals surface area contributed by atoms with Gasteiger partial charge in [0.25, 0.3) is 0 Å². The number of aromatic nitrogens is 5. The predicted molar refractivity (Wildman–Crippen MR) is 58.0 cm³/mol. The fourth-order valence-corrected chi connectivity index (χ4v) is 2.03. The quantitative estimate of drug-likeness (QED) is 0.928. The van der Waals surface area contributed by atoms with Gasteiger partial charge in [-0.25, -0.2) is 0 Å². The molecular weight excluding hydrogens is 269 g/mol. The zero-order valence-corrected chi connectivity index (χ0v) is 10.2. The van der Waals surface area contributed by atoms with E-state index in [4.69, 9.17) is 0 Å². The Hall–Kier alpha value is -1.71. The lowest BCUT2D eigenvalue weighted by Crippen LogP contribution is -2.11. The molecule has 10 heteroatoms. The van der Waals surface area contributed by atoms with E-state index >= 15 is 0 Å². The summed E-state index contributed by atoms with van der Waals surface area (Å²) in [5.41, 5.74) is 0. The second-order valence-electron chi connectivity index (χ2n) is 3.58. The minimum atomic E-state index is -4.47. The number of halogens is 3. The molecule has 0 aliphatic heterocycles. The Labute approximate surface area is 104 Å². The first-order valence-electron chi connectivity index (χ1n) is 4.89. The molecule has 1 unspecified atom stereocenters. The first kappa shape index (κ1) is 12.7. The van der Waals surface area contributed by atoms with E-state index in [2.05, 4.69) is 25.7 Å². The minimum absolute atomic E-state index is 0.0952. The average Bonchev–Trinajstić information content (AvgIpc) is 2.85. The third kappa shape index (κ3) is 2.58. The van der Waals surface area contributed by atoms with Crippen molar-refractivity contribution in [1.82, 2.24) is 25.0 Å². The number of rotatable bonds is 3. The summed E-state index contributed by atoms with van der Waals surface area (Å²) in [7, 11) is 1.74. The van der Waals surface area contributed by atoms with Crippen molar-refractivity contribution in [3.8, 4) is 0 Å². The SMILES string of the molecule is CC(Nc1nnc(C(F)(F)F)s1)c1nncn1C. The number of nitrogens with zero attached hydrogens (tertiary/aromatic N) is 5. The lowest BCUT2D eigenvalue weighted by molar-refractivity contribution is -0.138. The normalized spacial score (nSPS) is 13.6. The zero-order valence-electron chi connectivity index (χ0n) is 9.43. The summed E-state index contributed by atoms with van der Waals surface area (Å²) in [6, 6.07) is -0.313. The molecule has 0 aliphatic rings. The van der Waals surface area contributed by atoms with Gasteiger partial charge in [0, 0.05) is 7.05 Å². The van der Waals surface area contributed by atoms with Crippen LogP contribution in [-0.4, -0.2) is 25.0 Å². The van der Waals surface area contributed by atoms with Crippen molar-refractivity contribution < 1.29 is 13.2 Å². The van der Waals surface area contributed by atoms with Crippen LogP contribution in [0.4, 0.5) is 18.3 Å². The van der Waals surface area contributed by atoms with Crippen molar-refractivity contribution in [3.05, 3.63) is 17.2 Å². The highest BCUT2D eigenvalue weighted by Crippen LogP contribution is 2.33. The van der Waals surface area contributed by atoms with Crippen LogP contribution in [0.25, 0.3) is 0 Å². The van der Waals surface area contributed by atoms with Gasteiger partial charge in [0.2, 0.25) is 10.1 Å². The van der Waals surface area contributed by atoms with Crippen LogP contribution in [0.5, 0.6) is 0 Å². The van der Waals surface area contributed by atoms with Crippen molar-refractivity contribution >= 4 is 16.5 Å². The average molecular weight is 278 g/mol. The van der Waals surface area contributed by atoms with Crippen LogP contribution in [0, 0.1) is 0 Å². The monoisotopic (exact) mass is 278 g/mol. The molecule has 1 atom stereocenters. The fourth-order valence-electron chi connectivity index (χ4n) is 1.33. The molecule has 2 aromatic rings. The number of nitrogens with one attached hydrogen (secondary N) is 1. The maximum atomic E-state index is 12.3. The highest BCUT2D eigenvalue weighted by molar-refractivity contribution is 7.15. The molecule has 0 saturated carbocycles. The van der Waals surface area contributed by atoms with Crippen molar-refractivity contribution in [2.24, 2.45) is 7.05 Å². The van der Waals surface area contributed by atoms with Gasteiger partial charge in [0.1, 0.15) is 6.33 Å². The molecule has 6 nitrogen and oxygen atoms in total. The summed E-state index contributed by atoms with van der Waals surface area (Å²) in [5, 5.41) is 16.0. The van der Waals surface area contributed by atoms with Crippen molar-refractivity contribution in [2.75, 3.05) is 5.32 Å². The summed E-state index contributed by atoms with van der Waals surface area (Å²) in [6.07, 6.45) is -2.96. The smallest absolute Gasteiger partial charge is 0.350 e. The van der Waals surface area contributed by atoms with Gasteiger partial charge in [0.15, 0.2) is 5.82 Å². The molecule has 2 rings (SSSR count). The largest absolute Gasteiger partial charge is 0.445 e. The van der Waals surface area contributed by atoms with Crippen LogP contribution in [-0.2, 0) is 13.2 Å². The lowest BCUT2D eigenvalue weighted by Gasteiger charge is -2.10. The Balaban J connectivity index is 2.11. The third-order valence-corrected chi connectivity index (χ3v) is 3.04. The molecule has 0 fully saturated rings. The van der Waals surface area contributed by atoms with Crippen LogP contribution < -0.4 is 5.32 Å². The van der Waals surface area contributed by atoms with E-state index in [1.54, 1.807) is 18.5 Å². The Bertz CT molecular complexity index is 533. The van der Waals surface area contributed by atoms with Crippen LogP contribution in [0.1, 0.15) is 23.8 Å². The maximum Gasteiger partial charge on any atom is 0.445 e. The van der Waals surface area contributed by atoms with Gasteiger partial charge >= 0.3 is 6.18 Å². The molecule has 0 amide bonds. The predicted octanol–water partition coefficient (Wildman–Crippen LogP) is 1.86. The Kier molecular flexibility index (Phi) is 3.20. The summed E-state index contributed by atoms with van der Waals surface area (Å²) >= 11 is 0.455. The van der Waals surface area contributed by atoms with Crippen LogP contribution >= 0.6 is 11.3 Å². The van der Waals surface area contributed by atoms with Gasteiger partial charge in [-0.3, -0.25) is 0 Å². The highest BCUT2D eigenvalue weighted by atomic mass is 32.1. The zero-order chi connectivity index (χ0) is 13.3. The van der Waals surface area contributed by atoms with E-state index in [0.717, 1.165) is 0 Å². The Morgan fingerprint density at radius 2 is 2.06 bits per heavy atom. The van der Waals surface area contributed by atoms with Gasteiger partial charge < -0.3 is 9.88 Å². The Morgan fingerprint density at radius 3 is 2.56 bits per heavy atom. The Morgan fingerprint density at radius 1 is 1.33 bits per heavy atom. The van der Waals surface area contributed by atoms with E-state index < -0.39 is 11.2 Å². The number of aryl methyl sites for hydroxylation is 1. The molecule has 0 aliphatic carbocycles. The molecule has 98 valence electrons. The summed E-state index contributed by atoms with van der Waals surface area (Å²) in [5.74, 6) is 0.596. The van der Waals surface area contributed by atoms with Gasteiger partial charge in [-0.1, -0.05) is 11.3 Å². The molecule has 1 N–H and O–H groups in total. The summed E-state index contributed by atoms with van der Waals surface area (Å²) in [4.78, 5) is 0. The number of hydrogen-bond acceptors (Lipinski definition) is 6. The standard InChI is InChI=1S/C8H9F3N6S/c1-4(5-14-12-3-17(5)2)13-7-16-15-6(18-7)8(9,10)11/h3-4H,1-2H3,(H,13,16). The van der Waals surface area contributed by atoms with Gasteiger partial charge in [-0.05, 0) is 6.92 Å². The maximum absolute atomic E-state index is 12.3. The molecule has 0 saturated heterocycles. The van der Waals surface area contributed by atoms with Crippen molar-refractivity contribution in [3.63, 3.8) is 0 Å². The fraction of sp³-hybridized carbons (Fsp3) is 0.500. The van der Waals surface area contributed by atoms with E-state index in [1.807, 2.05) is 0 Å². The van der Waals surface area contributed by atoms with Crippen LogP contribution in [0.15, 0.2) is 6.33 Å². The lowest BCUT2D eigenvalue weighted by atomic mass is 10.3. The summed E-state index contributed by atoms with van der Waals surface area (Å²) < 4.78 is 38.7. The molecule has 0 spiro atoms. The van der Waals surface area contributed by atoms with Crippen molar-refractivity contribution in [2.45, 2.75) is 19.1 Å². The molecule has 18 heavy (non-hydrogen) atoms. The number of hydrogen-bond donors (Lipinski definition) is 1. The molecular formula is C8H9F3N6S. The van der Waals surface area contributed by atoms with Crippen LogP contribution in [0.3, 0.4) is 0 Å². The minimum Gasteiger partial charge on any atom is -0.350 e. The van der Waals surface area contributed by atoms with Crippen LogP contribution in [0.2, 0.25) is 0 Å². The first-order valence-corrected chi connectivity index (χ1v) is 5.70. The summed E-state index contributed by atoms with van der Waals surface area (Å²) in [6.45, 7) is 1.75. The molecule has 0 bridgehead atoms. The van der Waals surface area contributed by atoms with E-state index in [1.165, 1.54) is 6.33 Å². The number of anilines is 1. The molecule has 0 radical (unpaired) electrons. The third-order valence-electron chi connectivity index (χ3n) is 2.14. The highest BCUT2D eigenvalue weighted by Gasteiger charge is 2.35. The van der Waals surface area contributed by atoms with Gasteiger partial charge in [-0.15, -0.1) is 20.4 Å². The van der Waals surface area contributed by atoms with E-state index in [9.17, 15) is 13.2 Å². The molecule has 2 aromatic heterocycles. The first-order chi connectivity index (χ1) is 8.38. The van der Waals surface area contributed by atoms with Gasteiger partial charge in [0.05, 0.1) is 6.04 Å². The second-order valence-corrected chi connectivity index (χ2v) is 4.55.